The van der Waals surface area contributed by atoms with Crippen LogP contribution in [0.5, 0.6) is 0 Å². The summed E-state index contributed by atoms with van der Waals surface area (Å²) in [6.45, 7) is 4.79. The Kier molecular flexibility index (Phi) is 6.08. The first-order valence-corrected chi connectivity index (χ1v) is 10.1. The number of aromatic nitrogens is 1. The highest BCUT2D eigenvalue weighted by Crippen LogP contribution is 2.21. The predicted octanol–water partition coefficient (Wildman–Crippen LogP) is 2.81. The Morgan fingerprint density at radius 1 is 0.933 bits per heavy atom. The van der Waals surface area contributed by atoms with E-state index in [4.69, 9.17) is 0 Å². The molecule has 2 aliphatic heterocycles. The summed E-state index contributed by atoms with van der Waals surface area (Å²) in [5.41, 5.74) is 1.22. The van der Waals surface area contributed by atoms with Crippen molar-refractivity contribution in [3.63, 3.8) is 0 Å². The minimum Gasteiger partial charge on any atom is -0.325 e. The lowest BCUT2D eigenvalue weighted by atomic mass is 10.1. The fourth-order valence-corrected chi connectivity index (χ4v) is 3.56. The van der Waals surface area contributed by atoms with Crippen molar-refractivity contribution in [1.29, 1.82) is 0 Å². The van der Waals surface area contributed by atoms with Gasteiger partial charge in [-0.15, -0.1) is 0 Å². The van der Waals surface area contributed by atoms with Gasteiger partial charge in [0.25, 0.3) is 0 Å². The van der Waals surface area contributed by atoms with Crippen molar-refractivity contribution in [2.45, 2.75) is 13.0 Å². The maximum absolute atomic E-state index is 14.9. The van der Waals surface area contributed by atoms with Gasteiger partial charge in [-0.2, -0.15) is 0 Å². The smallest absolute Gasteiger partial charge is 0.323 e. The number of nitrogens with one attached hydrogen (secondary N) is 2. The second-order valence-electron chi connectivity index (χ2n) is 7.48. The van der Waals surface area contributed by atoms with Gasteiger partial charge in [0.1, 0.15) is 0 Å². The Bertz CT molecular complexity index is 898. The molecule has 3 heterocycles. The average Bonchev–Trinajstić information content (AvgIpc) is 2.71. The summed E-state index contributed by atoms with van der Waals surface area (Å²) in [6, 6.07) is 7.88. The first-order valence-electron chi connectivity index (χ1n) is 10.1. The number of amides is 4. The Morgan fingerprint density at radius 2 is 1.63 bits per heavy atom. The lowest BCUT2D eigenvalue weighted by Crippen LogP contribution is -2.55. The largest absolute Gasteiger partial charge is 0.325 e. The summed E-state index contributed by atoms with van der Waals surface area (Å²) in [5.74, 6) is -0.443. The number of likely N-dealkylation sites (tertiary alicyclic amines) is 1. The van der Waals surface area contributed by atoms with Gasteiger partial charge in [-0.3, -0.25) is 9.88 Å². The van der Waals surface area contributed by atoms with Crippen molar-refractivity contribution in [2.75, 3.05) is 49.9 Å². The van der Waals surface area contributed by atoms with Gasteiger partial charge in [0.15, 0.2) is 5.82 Å². The maximum Gasteiger partial charge on any atom is 0.323 e. The number of piperazine rings is 1. The summed E-state index contributed by atoms with van der Waals surface area (Å²) in [6.07, 6.45) is 4.21. The van der Waals surface area contributed by atoms with Gasteiger partial charge in [0, 0.05) is 69.5 Å². The van der Waals surface area contributed by atoms with E-state index in [2.05, 4.69) is 20.5 Å². The minimum atomic E-state index is -0.518. The van der Waals surface area contributed by atoms with Gasteiger partial charge in [-0.1, -0.05) is 12.1 Å². The Hall–Kier alpha value is -3.20. The molecule has 30 heavy (non-hydrogen) atoms. The third-order valence-electron chi connectivity index (χ3n) is 5.43. The van der Waals surface area contributed by atoms with Crippen LogP contribution in [0, 0.1) is 5.82 Å². The van der Waals surface area contributed by atoms with E-state index in [0.29, 0.717) is 44.0 Å². The Morgan fingerprint density at radius 3 is 2.30 bits per heavy atom. The maximum atomic E-state index is 14.9. The van der Waals surface area contributed by atoms with Crippen LogP contribution in [0.4, 0.5) is 25.4 Å². The van der Waals surface area contributed by atoms with Crippen LogP contribution in [0.3, 0.4) is 0 Å². The van der Waals surface area contributed by atoms with Crippen LogP contribution in [0.1, 0.15) is 12.0 Å². The molecule has 1 aromatic heterocycles. The van der Waals surface area contributed by atoms with E-state index >= 15 is 0 Å². The second kappa shape index (κ2) is 9.08. The van der Waals surface area contributed by atoms with E-state index in [-0.39, 0.29) is 11.7 Å². The van der Waals surface area contributed by atoms with Gasteiger partial charge < -0.3 is 20.4 Å². The molecule has 1 aromatic carbocycles. The number of rotatable bonds is 4. The molecule has 0 aliphatic carbocycles. The zero-order chi connectivity index (χ0) is 20.9. The highest BCUT2D eigenvalue weighted by Gasteiger charge is 2.28. The van der Waals surface area contributed by atoms with Crippen LogP contribution in [0.25, 0.3) is 0 Å². The molecule has 0 atom stereocenters. The number of pyridine rings is 1. The molecule has 4 rings (SSSR count). The number of benzene rings is 1. The summed E-state index contributed by atoms with van der Waals surface area (Å²) in [5, 5.41) is 5.21. The number of carbonyl (C=O) groups is 2. The van der Waals surface area contributed by atoms with Crippen molar-refractivity contribution >= 4 is 23.4 Å². The molecular weight excluding hydrogens is 387 g/mol. The monoisotopic (exact) mass is 412 g/mol. The van der Waals surface area contributed by atoms with Crippen molar-refractivity contribution in [1.82, 2.24) is 19.7 Å². The van der Waals surface area contributed by atoms with Gasteiger partial charge >= 0.3 is 12.1 Å². The van der Waals surface area contributed by atoms with E-state index in [0.717, 1.165) is 19.5 Å². The number of anilines is 2. The van der Waals surface area contributed by atoms with Crippen LogP contribution < -0.4 is 10.6 Å². The normalized spacial score (nSPS) is 16.7. The van der Waals surface area contributed by atoms with Crippen molar-refractivity contribution in [3.8, 4) is 0 Å². The van der Waals surface area contributed by atoms with Gasteiger partial charge in [0.05, 0.1) is 5.69 Å². The van der Waals surface area contributed by atoms with Crippen molar-refractivity contribution in [2.24, 2.45) is 0 Å². The van der Waals surface area contributed by atoms with Crippen LogP contribution in [-0.4, -0.2) is 71.0 Å². The van der Waals surface area contributed by atoms with Gasteiger partial charge in [0.2, 0.25) is 0 Å². The summed E-state index contributed by atoms with van der Waals surface area (Å²) in [7, 11) is 0. The molecule has 158 valence electrons. The van der Waals surface area contributed by atoms with E-state index in [1.807, 2.05) is 9.80 Å². The fourth-order valence-electron chi connectivity index (χ4n) is 3.56. The minimum absolute atomic E-state index is 0.110. The SMILES string of the molecule is O=C(Nc1ccncc1)Nc1cccc(CN2CCN(C(=O)N3CCC3)CC2)c1F. The first kappa shape index (κ1) is 20.1. The number of nitrogens with zero attached hydrogens (tertiary/aromatic N) is 4. The summed E-state index contributed by atoms with van der Waals surface area (Å²) < 4.78 is 14.9. The lowest BCUT2D eigenvalue weighted by Gasteiger charge is -2.40. The Labute approximate surface area is 174 Å². The highest BCUT2D eigenvalue weighted by molar-refractivity contribution is 5.99. The third kappa shape index (κ3) is 4.68. The molecule has 2 saturated heterocycles. The molecule has 2 fully saturated rings. The quantitative estimate of drug-likeness (QED) is 0.809. The standard InChI is InChI=1S/C21H25FN6O2/c22-19-16(15-26-11-13-28(14-12-26)21(30)27-9-2-10-27)3-1-4-18(19)25-20(29)24-17-5-7-23-8-6-17/h1,3-8H,2,9-15H2,(H2,23,24,25,29). The fraction of sp³-hybridized carbons (Fsp3) is 0.381. The molecule has 2 aromatic rings. The molecule has 4 amide bonds. The van der Waals surface area contributed by atoms with Crippen LogP contribution in [-0.2, 0) is 6.54 Å². The second-order valence-corrected chi connectivity index (χ2v) is 7.48. The van der Waals surface area contributed by atoms with E-state index in [1.165, 1.54) is 6.07 Å². The zero-order valence-corrected chi connectivity index (χ0v) is 16.7. The lowest BCUT2D eigenvalue weighted by molar-refractivity contribution is 0.0936. The zero-order valence-electron chi connectivity index (χ0n) is 16.7. The summed E-state index contributed by atoms with van der Waals surface area (Å²) in [4.78, 5) is 34.2. The van der Waals surface area contributed by atoms with E-state index in [1.54, 1.807) is 36.7 Å². The topological polar surface area (TPSA) is 80.8 Å². The van der Waals surface area contributed by atoms with Crippen LogP contribution in [0.15, 0.2) is 42.7 Å². The molecule has 0 saturated carbocycles. The number of halogens is 1. The molecule has 2 aliphatic rings. The van der Waals surface area contributed by atoms with Crippen LogP contribution >= 0.6 is 0 Å². The molecular formula is C21H25FN6O2. The number of urea groups is 2. The molecule has 9 heteroatoms. The molecule has 0 spiro atoms. The average molecular weight is 412 g/mol. The van der Waals surface area contributed by atoms with Crippen molar-refractivity contribution in [3.05, 3.63) is 54.1 Å². The van der Waals surface area contributed by atoms with Gasteiger partial charge in [-0.25, -0.2) is 14.0 Å². The summed E-state index contributed by atoms with van der Waals surface area (Å²) >= 11 is 0. The third-order valence-corrected chi connectivity index (χ3v) is 5.43. The predicted molar refractivity (Wildman–Crippen MR) is 112 cm³/mol. The highest BCUT2D eigenvalue weighted by atomic mass is 19.1. The molecule has 8 nitrogen and oxygen atoms in total. The molecule has 2 N–H and O–H groups in total. The van der Waals surface area contributed by atoms with Crippen LogP contribution in [0.2, 0.25) is 0 Å². The first-order chi connectivity index (χ1) is 14.6. The Balaban J connectivity index is 1.32. The van der Waals surface area contributed by atoms with Crippen molar-refractivity contribution < 1.29 is 14.0 Å². The van der Waals surface area contributed by atoms with E-state index < -0.39 is 11.8 Å². The molecule has 0 radical (unpaired) electrons. The molecule has 0 bridgehead atoms. The number of hydrogen-bond acceptors (Lipinski definition) is 4. The number of carbonyl (C=O) groups excluding carboxylic acids is 2. The van der Waals surface area contributed by atoms with Gasteiger partial charge in [-0.05, 0) is 24.6 Å². The molecule has 0 unspecified atom stereocenters. The van der Waals surface area contributed by atoms with E-state index in [9.17, 15) is 14.0 Å². The number of hydrogen-bond donors (Lipinski definition) is 2.